The van der Waals surface area contributed by atoms with Crippen molar-refractivity contribution >= 4 is 47.2 Å². The lowest BCUT2D eigenvalue weighted by atomic mass is 9.67. The number of thiazole rings is 1. The number of cyclic esters (lactones) is 1. The number of fused-ring (bicyclic) bond motifs is 1. The molecular weight excluding hydrogens is 655 g/mol. The quantitative estimate of drug-likeness (QED) is 0.0813. The molecule has 0 aliphatic carbocycles. The zero-order valence-electron chi connectivity index (χ0n) is 30.7. The summed E-state index contributed by atoms with van der Waals surface area (Å²) in [5.74, 6) is -3.13. The molecule has 2 radical (unpaired) electrons. The number of para-hydroxylation sites is 1. The van der Waals surface area contributed by atoms with Gasteiger partial charge in [-0.15, -0.1) is 16.4 Å². The molecule has 272 valence electrons. The molecule has 12 nitrogen and oxygen atoms in total. The van der Waals surface area contributed by atoms with E-state index in [1.54, 1.807) is 18.4 Å². The number of ketones is 1. The fraction of sp³-hybridized carbons (Fsp3) is 0.667. The standard InChI is InChI=1S/C36H53BN6O6S/c1-9-23(3)36(7)31(25(5)38-20-22(2)19-35(6,48-8)30(37)18-28(44)24(4)33(45)46)43(34(47)49-36)17-13-12-16-42-21-27(40-41-42)32-39-26-14-10-11-15-29(26)50-32/h10-11,14-15,21-25,30-31,38H,9,12-13,16-20H2,1-8H3,(H,45,46)/t22-,23-,24-,25-,30-,31-,35-,36-/m1/s1. The van der Waals surface area contributed by atoms with Gasteiger partial charge in [-0.25, -0.2) is 9.78 Å². The van der Waals surface area contributed by atoms with E-state index in [0.29, 0.717) is 26.1 Å². The van der Waals surface area contributed by atoms with Gasteiger partial charge in [-0.05, 0) is 89.7 Å². The number of ether oxygens (including phenoxy) is 2. The number of nitrogens with one attached hydrogen (secondary N) is 1. The Hall–Kier alpha value is -3.36. The maximum Gasteiger partial charge on any atom is 0.410 e. The fourth-order valence-corrected chi connectivity index (χ4v) is 7.88. The molecular formula is C36H53BN6O6S. The monoisotopic (exact) mass is 708 g/mol. The molecule has 0 spiro atoms. The van der Waals surface area contributed by atoms with Crippen LogP contribution in [-0.2, 0) is 25.6 Å². The number of hydrogen-bond acceptors (Lipinski definition) is 10. The Morgan fingerprint density at radius 1 is 1.20 bits per heavy atom. The van der Waals surface area contributed by atoms with Gasteiger partial charge in [0.25, 0.3) is 0 Å². The lowest BCUT2D eigenvalue weighted by Gasteiger charge is -2.41. The molecule has 1 saturated heterocycles. The van der Waals surface area contributed by atoms with Crippen molar-refractivity contribution in [2.75, 3.05) is 20.2 Å². The topological polar surface area (TPSA) is 149 Å². The average molecular weight is 709 g/mol. The van der Waals surface area contributed by atoms with E-state index in [0.717, 1.165) is 40.2 Å². The van der Waals surface area contributed by atoms with Crippen molar-refractivity contribution in [3.8, 4) is 10.7 Å². The van der Waals surface area contributed by atoms with Crippen LogP contribution in [0, 0.1) is 17.8 Å². The highest BCUT2D eigenvalue weighted by molar-refractivity contribution is 7.21. The van der Waals surface area contributed by atoms with E-state index in [2.05, 4.69) is 48.3 Å². The van der Waals surface area contributed by atoms with Crippen molar-refractivity contribution in [3.05, 3.63) is 30.5 Å². The van der Waals surface area contributed by atoms with Crippen LogP contribution in [0.1, 0.15) is 80.6 Å². The van der Waals surface area contributed by atoms with E-state index in [1.165, 1.54) is 6.92 Å². The SMILES string of the molecule is [B][C@H](CC(=O)[C@@H](C)C(=O)O)[C@@](C)(C[C@@H](C)CN[C@H](C)[C@H]1N(CCCCn2cc(-c3nc4ccccc4s3)nn2)C(=O)O[C@]1(C)[C@H](C)CC)OC. The van der Waals surface area contributed by atoms with Crippen molar-refractivity contribution in [3.63, 3.8) is 0 Å². The highest BCUT2D eigenvalue weighted by Gasteiger charge is 2.55. The van der Waals surface area contributed by atoms with E-state index in [4.69, 9.17) is 17.3 Å². The molecule has 1 amide bonds. The summed E-state index contributed by atoms with van der Waals surface area (Å²) in [6.45, 7) is 15.5. The normalized spacial score (nSPS) is 22.1. The number of aryl methyl sites for hydroxylation is 1. The number of carboxylic acid groups (broad SMARTS) is 1. The second-order valence-electron chi connectivity index (χ2n) is 14.4. The number of hydrogen-bond donors (Lipinski definition) is 2. The van der Waals surface area contributed by atoms with Gasteiger partial charge in [-0.1, -0.05) is 38.1 Å². The van der Waals surface area contributed by atoms with Crippen LogP contribution < -0.4 is 5.32 Å². The van der Waals surface area contributed by atoms with Crippen LogP contribution in [0.25, 0.3) is 20.9 Å². The number of carbonyl (C=O) groups excluding carboxylic acids is 2. The molecule has 1 aliphatic rings. The summed E-state index contributed by atoms with van der Waals surface area (Å²) in [7, 11) is 7.99. The van der Waals surface area contributed by atoms with E-state index in [-0.39, 0.29) is 36.4 Å². The summed E-state index contributed by atoms with van der Waals surface area (Å²) in [5, 5.41) is 22.4. The van der Waals surface area contributed by atoms with E-state index in [9.17, 15) is 19.5 Å². The minimum absolute atomic E-state index is 0.0840. The van der Waals surface area contributed by atoms with Crippen LogP contribution in [0.2, 0.25) is 5.82 Å². The summed E-state index contributed by atoms with van der Waals surface area (Å²) in [6.07, 6.45) is 4.54. The van der Waals surface area contributed by atoms with E-state index < -0.39 is 34.7 Å². The van der Waals surface area contributed by atoms with Crippen molar-refractivity contribution in [1.29, 1.82) is 0 Å². The lowest BCUT2D eigenvalue weighted by Crippen LogP contribution is -2.58. The van der Waals surface area contributed by atoms with Crippen LogP contribution in [0.15, 0.2) is 30.5 Å². The van der Waals surface area contributed by atoms with Crippen LogP contribution >= 0.6 is 11.3 Å². The Morgan fingerprint density at radius 3 is 2.56 bits per heavy atom. The number of Topliss-reactive ketones (excluding diaryl/α,β-unsaturated/α-hetero) is 1. The summed E-state index contributed by atoms with van der Waals surface area (Å²) in [5.41, 5.74) is 0.194. The minimum Gasteiger partial charge on any atom is -0.481 e. The van der Waals surface area contributed by atoms with Gasteiger partial charge in [0.05, 0.1) is 35.9 Å². The molecule has 1 aliphatic heterocycles. The molecule has 1 aromatic carbocycles. The van der Waals surface area contributed by atoms with Crippen LogP contribution in [-0.4, -0.2) is 99.2 Å². The first kappa shape index (κ1) is 39.4. The minimum atomic E-state index is -1.16. The fourth-order valence-electron chi connectivity index (χ4n) is 6.96. The Bertz CT molecular complexity index is 1590. The van der Waals surface area contributed by atoms with Crippen molar-refractivity contribution < 1.29 is 29.0 Å². The molecule has 50 heavy (non-hydrogen) atoms. The summed E-state index contributed by atoms with van der Waals surface area (Å²) in [4.78, 5) is 43.7. The molecule has 0 unspecified atom stereocenters. The molecule has 0 bridgehead atoms. The largest absolute Gasteiger partial charge is 0.481 e. The first-order valence-electron chi connectivity index (χ1n) is 17.7. The van der Waals surface area contributed by atoms with Gasteiger partial charge in [0.15, 0.2) is 0 Å². The number of rotatable bonds is 20. The lowest BCUT2D eigenvalue weighted by molar-refractivity contribution is -0.146. The summed E-state index contributed by atoms with van der Waals surface area (Å²) < 4.78 is 14.9. The Kier molecular flexibility index (Phi) is 13.2. The number of amides is 1. The Morgan fingerprint density at radius 2 is 1.90 bits per heavy atom. The zero-order valence-corrected chi connectivity index (χ0v) is 31.5. The molecule has 0 saturated carbocycles. The molecule has 1 fully saturated rings. The zero-order chi connectivity index (χ0) is 36.8. The number of benzene rings is 1. The predicted octanol–water partition coefficient (Wildman–Crippen LogP) is 6.01. The summed E-state index contributed by atoms with van der Waals surface area (Å²) >= 11 is 1.60. The molecule has 2 N–H and O–H groups in total. The second kappa shape index (κ2) is 16.8. The maximum absolute atomic E-state index is 13.4. The number of aliphatic carboxylic acids is 1. The van der Waals surface area contributed by atoms with Gasteiger partial charge in [-0.2, -0.15) is 0 Å². The maximum atomic E-state index is 13.4. The van der Waals surface area contributed by atoms with Crippen molar-refractivity contribution in [2.24, 2.45) is 17.8 Å². The van der Waals surface area contributed by atoms with Crippen LogP contribution in [0.4, 0.5) is 4.79 Å². The van der Waals surface area contributed by atoms with Gasteiger partial charge >= 0.3 is 12.1 Å². The number of unbranched alkanes of at least 4 members (excludes halogenated alkanes) is 1. The first-order valence-corrected chi connectivity index (χ1v) is 18.5. The first-order chi connectivity index (χ1) is 23.6. The number of carboxylic acids is 1. The molecule has 2 aromatic heterocycles. The van der Waals surface area contributed by atoms with Gasteiger partial charge < -0.3 is 19.9 Å². The van der Waals surface area contributed by atoms with Crippen molar-refractivity contribution in [2.45, 2.75) is 116 Å². The van der Waals surface area contributed by atoms with E-state index >= 15 is 0 Å². The van der Waals surface area contributed by atoms with Crippen LogP contribution in [0.5, 0.6) is 0 Å². The molecule has 8 atom stereocenters. The number of methoxy groups -OCH3 is 1. The second-order valence-corrected chi connectivity index (χ2v) is 15.5. The molecule has 3 heterocycles. The number of aromatic nitrogens is 4. The number of nitrogens with zero attached hydrogens (tertiary/aromatic N) is 5. The summed E-state index contributed by atoms with van der Waals surface area (Å²) in [6, 6.07) is 7.74. The van der Waals surface area contributed by atoms with Gasteiger partial charge in [0.1, 0.15) is 28.0 Å². The van der Waals surface area contributed by atoms with Crippen molar-refractivity contribution in [1.82, 2.24) is 30.2 Å². The van der Waals surface area contributed by atoms with Gasteiger partial charge in [-0.3, -0.25) is 19.2 Å². The van der Waals surface area contributed by atoms with Gasteiger partial charge in [0, 0.05) is 32.7 Å². The third kappa shape index (κ3) is 8.92. The highest BCUT2D eigenvalue weighted by Crippen LogP contribution is 2.40. The Labute approximate surface area is 301 Å². The molecule has 4 rings (SSSR count). The smallest absolute Gasteiger partial charge is 0.410 e. The number of carbonyl (C=O) groups is 3. The average Bonchev–Trinajstić information content (AvgIpc) is 3.80. The predicted molar refractivity (Wildman–Crippen MR) is 195 cm³/mol. The van der Waals surface area contributed by atoms with E-state index in [1.807, 2.05) is 53.9 Å². The Balaban J connectivity index is 1.35. The third-order valence-corrected chi connectivity index (χ3v) is 11.7. The molecule has 14 heteroatoms. The van der Waals surface area contributed by atoms with Crippen LogP contribution in [0.3, 0.4) is 0 Å². The third-order valence-electron chi connectivity index (χ3n) is 10.7. The molecule has 3 aromatic rings. The highest BCUT2D eigenvalue weighted by atomic mass is 32.1. The van der Waals surface area contributed by atoms with Gasteiger partial charge in [0.2, 0.25) is 0 Å².